The molecule has 0 N–H and O–H groups in total. The maximum absolute atomic E-state index is 9.92. The van der Waals surface area contributed by atoms with Gasteiger partial charge in [-0.3, -0.25) is 4.90 Å². The summed E-state index contributed by atoms with van der Waals surface area (Å²) >= 11 is 0. The lowest BCUT2D eigenvalue weighted by Crippen LogP contribution is -2.42. The van der Waals surface area contributed by atoms with Gasteiger partial charge in [-0.2, -0.15) is 9.78 Å². The Bertz CT molecular complexity index is 897. The molecule has 152 valence electrons. The SMILES string of the molecule is CCCCc1c(C)c(C#N)c2nc(C(C)(C)C)nn2c1N1CCCC1N(C)C. The van der Waals surface area contributed by atoms with Gasteiger partial charge in [0.15, 0.2) is 11.5 Å². The molecule has 1 saturated heterocycles. The second kappa shape index (κ2) is 7.71. The Hall–Kier alpha value is -2.13. The zero-order chi connectivity index (χ0) is 20.6. The molecular formula is C22H34N6. The Morgan fingerprint density at radius 3 is 2.57 bits per heavy atom. The molecule has 0 amide bonds. The Labute approximate surface area is 169 Å². The zero-order valence-electron chi connectivity index (χ0n) is 18.5. The number of anilines is 1. The van der Waals surface area contributed by atoms with Crippen molar-refractivity contribution in [1.29, 1.82) is 5.26 Å². The number of rotatable bonds is 5. The van der Waals surface area contributed by atoms with Crippen LogP contribution in [0.5, 0.6) is 0 Å². The number of nitrogens with zero attached hydrogens (tertiary/aromatic N) is 6. The van der Waals surface area contributed by atoms with E-state index in [0.29, 0.717) is 17.4 Å². The lowest BCUT2D eigenvalue weighted by atomic mass is 9.96. The van der Waals surface area contributed by atoms with Gasteiger partial charge in [0.2, 0.25) is 0 Å². The second-order valence-corrected chi connectivity index (χ2v) is 9.22. The fraction of sp³-hybridized carbons (Fsp3) is 0.682. The van der Waals surface area contributed by atoms with E-state index in [4.69, 9.17) is 10.1 Å². The van der Waals surface area contributed by atoms with Crippen LogP contribution < -0.4 is 4.90 Å². The first kappa shape index (κ1) is 20.6. The number of hydrogen-bond acceptors (Lipinski definition) is 5. The van der Waals surface area contributed by atoms with Gasteiger partial charge in [-0.05, 0) is 57.8 Å². The fourth-order valence-electron chi connectivity index (χ4n) is 4.17. The largest absolute Gasteiger partial charge is 0.341 e. The maximum Gasteiger partial charge on any atom is 0.176 e. The third-order valence-corrected chi connectivity index (χ3v) is 5.78. The molecule has 1 aliphatic rings. The van der Waals surface area contributed by atoms with Gasteiger partial charge in [-0.25, -0.2) is 4.98 Å². The molecule has 0 radical (unpaired) electrons. The highest BCUT2D eigenvalue weighted by atomic mass is 15.4. The van der Waals surface area contributed by atoms with Gasteiger partial charge in [0.05, 0.1) is 6.17 Å². The lowest BCUT2D eigenvalue weighted by Gasteiger charge is -2.33. The molecule has 1 unspecified atom stereocenters. The van der Waals surface area contributed by atoms with Crippen molar-refractivity contribution in [2.75, 3.05) is 25.5 Å². The van der Waals surface area contributed by atoms with Crippen molar-refractivity contribution in [2.24, 2.45) is 0 Å². The summed E-state index contributed by atoms with van der Waals surface area (Å²) in [5.74, 6) is 1.93. The molecule has 1 atom stereocenters. The van der Waals surface area contributed by atoms with E-state index in [9.17, 15) is 5.26 Å². The minimum absolute atomic E-state index is 0.167. The van der Waals surface area contributed by atoms with Crippen molar-refractivity contribution in [3.05, 3.63) is 22.5 Å². The zero-order valence-corrected chi connectivity index (χ0v) is 18.5. The van der Waals surface area contributed by atoms with Crippen LogP contribution in [0.15, 0.2) is 0 Å². The summed E-state index contributed by atoms with van der Waals surface area (Å²) < 4.78 is 1.97. The summed E-state index contributed by atoms with van der Waals surface area (Å²) in [4.78, 5) is 9.60. The average Bonchev–Trinajstić information content (AvgIpc) is 3.26. The normalized spacial score (nSPS) is 17.7. The number of nitriles is 1. The molecule has 6 heteroatoms. The van der Waals surface area contributed by atoms with E-state index in [2.05, 4.69) is 64.6 Å². The quantitative estimate of drug-likeness (QED) is 0.781. The Balaban J connectivity index is 2.34. The van der Waals surface area contributed by atoms with E-state index >= 15 is 0 Å². The molecule has 0 spiro atoms. The fourth-order valence-corrected chi connectivity index (χ4v) is 4.17. The molecule has 0 saturated carbocycles. The van der Waals surface area contributed by atoms with Gasteiger partial charge >= 0.3 is 0 Å². The molecule has 28 heavy (non-hydrogen) atoms. The van der Waals surface area contributed by atoms with Gasteiger partial charge in [-0.15, -0.1) is 5.10 Å². The smallest absolute Gasteiger partial charge is 0.176 e. The molecule has 3 heterocycles. The van der Waals surface area contributed by atoms with Crippen LogP contribution in [0.4, 0.5) is 5.82 Å². The van der Waals surface area contributed by atoms with Crippen LogP contribution in [0.3, 0.4) is 0 Å². The van der Waals surface area contributed by atoms with Gasteiger partial charge in [0.25, 0.3) is 0 Å². The summed E-state index contributed by atoms with van der Waals surface area (Å²) in [5, 5.41) is 14.9. The van der Waals surface area contributed by atoms with E-state index in [1.54, 1.807) is 0 Å². The van der Waals surface area contributed by atoms with Gasteiger partial charge < -0.3 is 4.90 Å². The number of pyridine rings is 1. The van der Waals surface area contributed by atoms with Crippen molar-refractivity contribution in [2.45, 2.75) is 78.3 Å². The van der Waals surface area contributed by atoms with Crippen LogP contribution in [0.1, 0.15) is 75.9 Å². The summed E-state index contributed by atoms with van der Waals surface area (Å²) in [6.07, 6.45) is 5.84. The first-order valence-electron chi connectivity index (χ1n) is 10.5. The van der Waals surface area contributed by atoms with Crippen LogP contribution in [0.25, 0.3) is 5.65 Å². The Morgan fingerprint density at radius 2 is 2.00 bits per heavy atom. The van der Waals surface area contributed by atoms with Gasteiger partial charge in [-0.1, -0.05) is 34.1 Å². The molecule has 0 aromatic carbocycles. The topological polar surface area (TPSA) is 60.5 Å². The minimum atomic E-state index is -0.167. The van der Waals surface area contributed by atoms with E-state index in [0.717, 1.165) is 55.9 Å². The van der Waals surface area contributed by atoms with E-state index in [1.807, 2.05) is 4.52 Å². The predicted octanol–water partition coefficient (Wildman–Crippen LogP) is 4.04. The van der Waals surface area contributed by atoms with Gasteiger partial charge in [0.1, 0.15) is 17.5 Å². The molecule has 3 rings (SSSR count). The Kier molecular flexibility index (Phi) is 5.67. The first-order valence-corrected chi connectivity index (χ1v) is 10.5. The summed E-state index contributed by atoms with van der Waals surface area (Å²) in [6, 6.07) is 2.42. The lowest BCUT2D eigenvalue weighted by molar-refractivity contribution is 0.299. The van der Waals surface area contributed by atoms with Gasteiger partial charge in [0, 0.05) is 12.0 Å². The maximum atomic E-state index is 9.92. The van der Waals surface area contributed by atoms with E-state index in [1.165, 1.54) is 5.56 Å². The molecule has 2 aromatic heterocycles. The van der Waals surface area contributed by atoms with Crippen LogP contribution in [0, 0.1) is 18.3 Å². The molecular weight excluding hydrogens is 348 g/mol. The van der Waals surface area contributed by atoms with Crippen LogP contribution in [-0.2, 0) is 11.8 Å². The van der Waals surface area contributed by atoms with Crippen molar-refractivity contribution in [3.63, 3.8) is 0 Å². The number of aromatic nitrogens is 3. The highest BCUT2D eigenvalue weighted by Gasteiger charge is 2.33. The first-order chi connectivity index (χ1) is 13.2. The highest BCUT2D eigenvalue weighted by molar-refractivity contribution is 5.69. The molecule has 1 aliphatic heterocycles. The summed E-state index contributed by atoms with van der Waals surface area (Å²) in [7, 11) is 4.29. The van der Waals surface area contributed by atoms with E-state index < -0.39 is 0 Å². The predicted molar refractivity (Wildman–Crippen MR) is 114 cm³/mol. The second-order valence-electron chi connectivity index (χ2n) is 9.22. The van der Waals surface area contributed by atoms with Crippen molar-refractivity contribution < 1.29 is 0 Å². The van der Waals surface area contributed by atoms with E-state index in [-0.39, 0.29) is 5.41 Å². The number of hydrogen-bond donors (Lipinski definition) is 0. The summed E-state index contributed by atoms with van der Waals surface area (Å²) in [5.41, 5.74) is 3.52. The standard InChI is InChI=1S/C22H34N6/c1-8-9-11-16-15(2)17(14-23)19-24-21(22(3,4)5)25-28(19)20(16)27-13-10-12-18(27)26(6)7/h18H,8-13H2,1-7H3. The average molecular weight is 383 g/mol. The van der Waals surface area contributed by atoms with Crippen molar-refractivity contribution >= 4 is 11.5 Å². The van der Waals surface area contributed by atoms with Crippen LogP contribution in [-0.4, -0.2) is 46.3 Å². The Morgan fingerprint density at radius 1 is 1.29 bits per heavy atom. The van der Waals surface area contributed by atoms with Crippen molar-refractivity contribution in [3.8, 4) is 6.07 Å². The number of fused-ring (bicyclic) bond motifs is 1. The third-order valence-electron chi connectivity index (χ3n) is 5.78. The minimum Gasteiger partial charge on any atom is -0.341 e. The molecule has 1 fully saturated rings. The van der Waals surface area contributed by atoms with Crippen LogP contribution >= 0.6 is 0 Å². The third kappa shape index (κ3) is 3.48. The summed E-state index contributed by atoms with van der Waals surface area (Å²) in [6.45, 7) is 11.7. The highest BCUT2D eigenvalue weighted by Crippen LogP contribution is 2.35. The molecule has 0 bridgehead atoms. The van der Waals surface area contributed by atoms with Crippen LogP contribution in [0.2, 0.25) is 0 Å². The molecule has 6 nitrogen and oxygen atoms in total. The monoisotopic (exact) mass is 382 g/mol. The van der Waals surface area contributed by atoms with Crippen molar-refractivity contribution in [1.82, 2.24) is 19.5 Å². The number of unbranched alkanes of at least 4 members (excludes halogenated alkanes) is 1. The molecule has 0 aliphatic carbocycles. The molecule has 2 aromatic rings.